The second kappa shape index (κ2) is 3.75. The second-order valence-corrected chi connectivity index (χ2v) is 3.25. The Balaban J connectivity index is 1.79. The Labute approximate surface area is 81.1 Å². The summed E-state index contributed by atoms with van der Waals surface area (Å²) in [6.45, 7) is 2.96. The lowest BCUT2D eigenvalue weighted by atomic mass is 10.1. The lowest BCUT2D eigenvalue weighted by molar-refractivity contribution is -0.125. The molecule has 0 aromatic carbocycles. The molecule has 1 fully saturated rings. The molecule has 0 aliphatic carbocycles. The summed E-state index contributed by atoms with van der Waals surface area (Å²) in [7, 11) is 0. The first kappa shape index (κ1) is 9.14. The van der Waals surface area contributed by atoms with Gasteiger partial charge in [0, 0.05) is 0 Å². The Hall–Kier alpha value is -1.43. The van der Waals surface area contributed by atoms with E-state index in [2.05, 4.69) is 20.8 Å². The van der Waals surface area contributed by atoms with Crippen LogP contribution in [0.4, 0.5) is 0 Å². The second-order valence-electron chi connectivity index (χ2n) is 3.25. The molecule has 2 N–H and O–H groups in total. The summed E-state index contributed by atoms with van der Waals surface area (Å²) in [5.41, 5.74) is 0. The average molecular weight is 196 g/mol. The molecule has 14 heavy (non-hydrogen) atoms. The molecule has 76 valence electrons. The van der Waals surface area contributed by atoms with Gasteiger partial charge in [-0.2, -0.15) is 4.98 Å². The van der Waals surface area contributed by atoms with Crippen molar-refractivity contribution in [1.82, 2.24) is 20.8 Å². The summed E-state index contributed by atoms with van der Waals surface area (Å²) in [5, 5.41) is 9.35. The van der Waals surface area contributed by atoms with Crippen LogP contribution in [0.5, 0.6) is 0 Å². The van der Waals surface area contributed by atoms with Gasteiger partial charge in [0.25, 0.3) is 0 Å². The summed E-state index contributed by atoms with van der Waals surface area (Å²) in [6.07, 6.45) is 0.898. The van der Waals surface area contributed by atoms with E-state index < -0.39 is 0 Å². The largest absolute Gasteiger partial charge is 0.346 e. The Morgan fingerprint density at radius 2 is 2.57 bits per heavy atom. The molecule has 0 spiro atoms. The first-order valence-corrected chi connectivity index (χ1v) is 4.56. The zero-order valence-corrected chi connectivity index (χ0v) is 7.91. The van der Waals surface area contributed by atoms with Gasteiger partial charge in [-0.3, -0.25) is 4.79 Å². The SMILES string of the molecule is Cc1noc(CNC(=O)[C@H]2CCN2)n1. The first-order valence-electron chi connectivity index (χ1n) is 4.56. The van der Waals surface area contributed by atoms with Crippen molar-refractivity contribution in [2.45, 2.75) is 25.9 Å². The predicted octanol–water partition coefficient (Wildman–Crippen LogP) is -0.644. The molecular formula is C8H12N4O2. The topological polar surface area (TPSA) is 80.0 Å². The number of hydrogen-bond donors (Lipinski definition) is 2. The molecule has 6 heteroatoms. The maximum atomic E-state index is 11.3. The van der Waals surface area contributed by atoms with Gasteiger partial charge in [0.2, 0.25) is 11.8 Å². The number of carbonyl (C=O) groups is 1. The summed E-state index contributed by atoms with van der Waals surface area (Å²) >= 11 is 0. The molecule has 0 unspecified atom stereocenters. The monoisotopic (exact) mass is 196 g/mol. The van der Waals surface area contributed by atoms with Crippen molar-refractivity contribution in [1.29, 1.82) is 0 Å². The van der Waals surface area contributed by atoms with Gasteiger partial charge < -0.3 is 15.2 Å². The Morgan fingerprint density at radius 1 is 1.79 bits per heavy atom. The van der Waals surface area contributed by atoms with Gasteiger partial charge in [-0.25, -0.2) is 0 Å². The standard InChI is InChI=1S/C8H12N4O2/c1-5-11-7(14-12-5)4-10-8(13)6-2-3-9-6/h6,9H,2-4H2,1H3,(H,10,13)/t6-/m1/s1. The predicted molar refractivity (Wildman–Crippen MR) is 47.3 cm³/mol. The van der Waals surface area contributed by atoms with Crippen molar-refractivity contribution >= 4 is 5.91 Å². The number of aromatic nitrogens is 2. The zero-order valence-electron chi connectivity index (χ0n) is 7.91. The molecule has 1 amide bonds. The van der Waals surface area contributed by atoms with Gasteiger partial charge in [0.15, 0.2) is 5.82 Å². The van der Waals surface area contributed by atoms with E-state index in [0.29, 0.717) is 18.3 Å². The Kier molecular flexibility index (Phi) is 2.45. The van der Waals surface area contributed by atoms with E-state index in [9.17, 15) is 4.79 Å². The van der Waals surface area contributed by atoms with Crippen LogP contribution in [0.25, 0.3) is 0 Å². The molecule has 2 rings (SSSR count). The van der Waals surface area contributed by atoms with Crippen molar-refractivity contribution in [3.05, 3.63) is 11.7 Å². The Morgan fingerprint density at radius 3 is 3.07 bits per heavy atom. The van der Waals surface area contributed by atoms with E-state index in [1.807, 2.05) is 0 Å². The van der Waals surface area contributed by atoms with Crippen LogP contribution >= 0.6 is 0 Å². The highest BCUT2D eigenvalue weighted by Crippen LogP contribution is 2.02. The van der Waals surface area contributed by atoms with Crippen LogP contribution in [0, 0.1) is 6.92 Å². The lowest BCUT2D eigenvalue weighted by Crippen LogP contribution is -2.52. The van der Waals surface area contributed by atoms with Gasteiger partial charge in [0.05, 0.1) is 12.6 Å². The summed E-state index contributed by atoms with van der Waals surface area (Å²) in [4.78, 5) is 15.3. The molecule has 1 saturated heterocycles. The van der Waals surface area contributed by atoms with Gasteiger partial charge in [-0.05, 0) is 19.9 Å². The maximum absolute atomic E-state index is 11.3. The van der Waals surface area contributed by atoms with Gasteiger partial charge in [-0.1, -0.05) is 5.16 Å². The molecule has 1 aromatic rings. The van der Waals surface area contributed by atoms with Crippen molar-refractivity contribution in [2.75, 3.05) is 6.54 Å². The molecule has 1 aliphatic rings. The van der Waals surface area contributed by atoms with Gasteiger partial charge >= 0.3 is 0 Å². The summed E-state index contributed by atoms with van der Waals surface area (Å²) in [5.74, 6) is 1.01. The van der Waals surface area contributed by atoms with Crippen molar-refractivity contribution < 1.29 is 9.32 Å². The fourth-order valence-electron chi connectivity index (χ4n) is 1.21. The molecule has 1 aromatic heterocycles. The molecule has 0 bridgehead atoms. The van der Waals surface area contributed by atoms with Crippen LogP contribution in [-0.2, 0) is 11.3 Å². The summed E-state index contributed by atoms with van der Waals surface area (Å²) < 4.78 is 4.85. The van der Waals surface area contributed by atoms with Crippen LogP contribution in [0.3, 0.4) is 0 Å². The van der Waals surface area contributed by atoms with E-state index >= 15 is 0 Å². The third-order valence-electron chi connectivity index (χ3n) is 2.12. The number of nitrogens with one attached hydrogen (secondary N) is 2. The zero-order chi connectivity index (χ0) is 9.97. The molecule has 0 saturated carbocycles. The van der Waals surface area contributed by atoms with E-state index in [-0.39, 0.29) is 11.9 Å². The minimum atomic E-state index is -0.0426. The number of aryl methyl sites for hydroxylation is 1. The van der Waals surface area contributed by atoms with Crippen LogP contribution in [-0.4, -0.2) is 28.6 Å². The molecule has 1 atom stereocenters. The highest BCUT2D eigenvalue weighted by Gasteiger charge is 2.24. The maximum Gasteiger partial charge on any atom is 0.246 e. The molecule has 0 radical (unpaired) electrons. The fraction of sp³-hybridized carbons (Fsp3) is 0.625. The minimum Gasteiger partial charge on any atom is -0.346 e. The molecular weight excluding hydrogens is 184 g/mol. The van der Waals surface area contributed by atoms with E-state index in [1.165, 1.54) is 0 Å². The van der Waals surface area contributed by atoms with E-state index in [4.69, 9.17) is 4.52 Å². The number of carbonyl (C=O) groups excluding carboxylic acids is 1. The quantitative estimate of drug-likeness (QED) is 0.672. The highest BCUT2D eigenvalue weighted by molar-refractivity contribution is 5.82. The van der Waals surface area contributed by atoms with Crippen LogP contribution in [0.2, 0.25) is 0 Å². The third kappa shape index (κ3) is 1.90. The highest BCUT2D eigenvalue weighted by atomic mass is 16.5. The van der Waals surface area contributed by atoms with Crippen molar-refractivity contribution in [3.8, 4) is 0 Å². The number of amides is 1. The number of nitrogens with zero attached hydrogens (tertiary/aromatic N) is 2. The fourth-order valence-corrected chi connectivity index (χ4v) is 1.21. The lowest BCUT2D eigenvalue weighted by Gasteiger charge is -2.25. The van der Waals surface area contributed by atoms with Crippen LogP contribution < -0.4 is 10.6 Å². The molecule has 2 heterocycles. The molecule has 6 nitrogen and oxygen atoms in total. The van der Waals surface area contributed by atoms with E-state index in [1.54, 1.807) is 6.92 Å². The van der Waals surface area contributed by atoms with Gasteiger partial charge in [0.1, 0.15) is 0 Å². The molecule has 1 aliphatic heterocycles. The minimum absolute atomic E-state index is 0.00731. The van der Waals surface area contributed by atoms with Crippen LogP contribution in [0.15, 0.2) is 4.52 Å². The normalized spacial score (nSPS) is 20.2. The smallest absolute Gasteiger partial charge is 0.246 e. The number of hydrogen-bond acceptors (Lipinski definition) is 5. The number of rotatable bonds is 3. The Bertz CT molecular complexity index is 332. The van der Waals surface area contributed by atoms with Crippen molar-refractivity contribution in [3.63, 3.8) is 0 Å². The van der Waals surface area contributed by atoms with Crippen LogP contribution in [0.1, 0.15) is 18.1 Å². The summed E-state index contributed by atoms with van der Waals surface area (Å²) in [6, 6.07) is -0.0426. The third-order valence-corrected chi connectivity index (χ3v) is 2.12. The average Bonchev–Trinajstić information content (AvgIpc) is 2.45. The first-order chi connectivity index (χ1) is 6.75. The van der Waals surface area contributed by atoms with Gasteiger partial charge in [-0.15, -0.1) is 0 Å². The van der Waals surface area contributed by atoms with Crippen molar-refractivity contribution in [2.24, 2.45) is 0 Å². The van der Waals surface area contributed by atoms with E-state index in [0.717, 1.165) is 13.0 Å².